The topological polar surface area (TPSA) is 38.3 Å². The molecule has 1 atom stereocenters. The molecule has 0 amide bonds. The van der Waals surface area contributed by atoms with Gasteiger partial charge in [0.15, 0.2) is 0 Å². The Labute approximate surface area is 85.6 Å². The van der Waals surface area contributed by atoms with Crippen LogP contribution < -0.4 is 5.32 Å². The molecule has 1 unspecified atom stereocenters. The molecule has 1 heterocycles. The lowest BCUT2D eigenvalue weighted by atomic mass is 9.86. The number of halogens is 1. The van der Waals surface area contributed by atoms with Crippen LogP contribution in [0.25, 0.3) is 0 Å². The second-order valence-electron chi connectivity index (χ2n) is 3.31. The molecular formula is C9H18ClNO2. The molecule has 3 nitrogen and oxygen atoms in total. The number of piperidine rings is 1. The molecule has 78 valence electrons. The van der Waals surface area contributed by atoms with Crippen LogP contribution in [0.2, 0.25) is 0 Å². The van der Waals surface area contributed by atoms with Crippen LogP contribution in [0, 0.1) is 0 Å². The van der Waals surface area contributed by atoms with E-state index in [9.17, 15) is 4.79 Å². The minimum absolute atomic E-state index is 0. The van der Waals surface area contributed by atoms with Crippen molar-refractivity contribution in [3.8, 4) is 0 Å². The molecule has 0 aliphatic carbocycles. The third-order valence-electron chi connectivity index (χ3n) is 2.67. The monoisotopic (exact) mass is 207 g/mol. The summed E-state index contributed by atoms with van der Waals surface area (Å²) in [5.41, 5.74) is -0.382. The summed E-state index contributed by atoms with van der Waals surface area (Å²) in [7, 11) is 1.45. The van der Waals surface area contributed by atoms with Crippen molar-refractivity contribution in [2.24, 2.45) is 0 Å². The highest BCUT2D eigenvalue weighted by atomic mass is 35.5. The van der Waals surface area contributed by atoms with Crippen molar-refractivity contribution < 1.29 is 9.53 Å². The van der Waals surface area contributed by atoms with Gasteiger partial charge in [0.1, 0.15) is 5.54 Å². The fourth-order valence-electron chi connectivity index (χ4n) is 1.78. The molecule has 0 aromatic carbocycles. The van der Waals surface area contributed by atoms with Gasteiger partial charge < -0.3 is 10.1 Å². The molecule has 1 aliphatic heterocycles. The summed E-state index contributed by atoms with van der Waals surface area (Å²) >= 11 is 0. The highest BCUT2D eigenvalue weighted by Crippen LogP contribution is 2.23. The largest absolute Gasteiger partial charge is 0.468 e. The summed E-state index contributed by atoms with van der Waals surface area (Å²) in [5.74, 6) is -0.107. The summed E-state index contributed by atoms with van der Waals surface area (Å²) in [6, 6.07) is 0. The molecule has 0 aromatic rings. The van der Waals surface area contributed by atoms with Gasteiger partial charge in [0.05, 0.1) is 7.11 Å². The number of hydrogen-bond acceptors (Lipinski definition) is 3. The van der Waals surface area contributed by atoms with E-state index in [-0.39, 0.29) is 23.9 Å². The molecule has 1 saturated heterocycles. The lowest BCUT2D eigenvalue weighted by Crippen LogP contribution is -2.54. The summed E-state index contributed by atoms with van der Waals surface area (Å²) in [4.78, 5) is 11.4. The van der Waals surface area contributed by atoms with Crippen molar-refractivity contribution in [3.63, 3.8) is 0 Å². The Morgan fingerprint density at radius 2 is 2.23 bits per heavy atom. The highest BCUT2D eigenvalue weighted by Gasteiger charge is 2.38. The molecule has 0 bridgehead atoms. The van der Waals surface area contributed by atoms with E-state index in [2.05, 4.69) is 5.32 Å². The van der Waals surface area contributed by atoms with Gasteiger partial charge in [-0.2, -0.15) is 0 Å². The summed E-state index contributed by atoms with van der Waals surface area (Å²) in [6.07, 6.45) is 4.02. The Morgan fingerprint density at radius 1 is 1.54 bits per heavy atom. The average Bonchev–Trinajstić information content (AvgIpc) is 2.17. The van der Waals surface area contributed by atoms with Gasteiger partial charge in [0.25, 0.3) is 0 Å². The minimum atomic E-state index is -0.382. The summed E-state index contributed by atoms with van der Waals surface area (Å²) in [6.45, 7) is 2.96. The molecule has 1 fully saturated rings. The molecule has 0 radical (unpaired) electrons. The zero-order valence-electron chi connectivity index (χ0n) is 8.26. The molecule has 0 spiro atoms. The van der Waals surface area contributed by atoms with Gasteiger partial charge in [-0.15, -0.1) is 12.4 Å². The van der Waals surface area contributed by atoms with E-state index in [1.165, 1.54) is 13.5 Å². The molecule has 4 heteroatoms. The van der Waals surface area contributed by atoms with E-state index in [1.807, 2.05) is 6.92 Å². The number of rotatable bonds is 2. The lowest BCUT2D eigenvalue weighted by Gasteiger charge is -2.34. The first-order valence-electron chi connectivity index (χ1n) is 4.58. The maximum absolute atomic E-state index is 11.4. The van der Waals surface area contributed by atoms with Gasteiger partial charge >= 0.3 is 5.97 Å². The van der Waals surface area contributed by atoms with Crippen LogP contribution in [0.4, 0.5) is 0 Å². The fourth-order valence-corrected chi connectivity index (χ4v) is 1.78. The second-order valence-corrected chi connectivity index (χ2v) is 3.31. The average molecular weight is 208 g/mol. The Kier molecular flexibility index (Phi) is 5.33. The Hall–Kier alpha value is -0.280. The number of hydrogen-bond donors (Lipinski definition) is 1. The summed E-state index contributed by atoms with van der Waals surface area (Å²) in [5, 5.41) is 3.26. The zero-order chi connectivity index (χ0) is 9.03. The lowest BCUT2D eigenvalue weighted by molar-refractivity contribution is -0.149. The van der Waals surface area contributed by atoms with Gasteiger partial charge in [-0.3, -0.25) is 4.79 Å². The third kappa shape index (κ3) is 2.58. The van der Waals surface area contributed by atoms with Crippen LogP contribution in [0.3, 0.4) is 0 Å². The Bertz CT molecular complexity index is 167. The number of carbonyl (C=O) groups is 1. The third-order valence-corrected chi connectivity index (χ3v) is 2.67. The predicted octanol–water partition coefficient (Wildman–Crippen LogP) is 1.50. The summed E-state index contributed by atoms with van der Waals surface area (Å²) < 4.78 is 4.78. The molecule has 0 saturated carbocycles. The maximum Gasteiger partial charge on any atom is 0.326 e. The first-order valence-corrected chi connectivity index (χ1v) is 4.58. The quantitative estimate of drug-likeness (QED) is 0.698. The normalized spacial score (nSPS) is 27.5. The van der Waals surface area contributed by atoms with Gasteiger partial charge in [-0.25, -0.2) is 0 Å². The minimum Gasteiger partial charge on any atom is -0.468 e. The molecule has 1 N–H and O–H groups in total. The van der Waals surface area contributed by atoms with E-state index in [1.54, 1.807) is 0 Å². The Balaban J connectivity index is 0.00000144. The van der Waals surface area contributed by atoms with Crippen molar-refractivity contribution in [2.45, 2.75) is 38.1 Å². The number of ether oxygens (including phenoxy) is 1. The second kappa shape index (κ2) is 5.45. The SMILES string of the molecule is CCC1(C(=O)OC)CCCCN1.Cl. The van der Waals surface area contributed by atoms with Gasteiger partial charge in [-0.05, 0) is 32.2 Å². The van der Waals surface area contributed by atoms with E-state index in [4.69, 9.17) is 4.74 Å². The molecule has 1 aliphatic rings. The van der Waals surface area contributed by atoms with Crippen molar-refractivity contribution >= 4 is 18.4 Å². The number of esters is 1. The van der Waals surface area contributed by atoms with Crippen molar-refractivity contribution in [1.29, 1.82) is 0 Å². The first-order chi connectivity index (χ1) is 5.75. The fraction of sp³-hybridized carbons (Fsp3) is 0.889. The predicted molar refractivity (Wildman–Crippen MR) is 54.1 cm³/mol. The maximum atomic E-state index is 11.4. The number of nitrogens with one attached hydrogen (secondary N) is 1. The standard InChI is InChI=1S/C9H17NO2.ClH/c1-3-9(8(11)12-2)6-4-5-7-10-9;/h10H,3-7H2,1-2H3;1H. The number of methoxy groups -OCH3 is 1. The van der Waals surface area contributed by atoms with Crippen LogP contribution in [0.1, 0.15) is 32.6 Å². The van der Waals surface area contributed by atoms with Gasteiger partial charge in [0.2, 0.25) is 0 Å². The molecule has 1 rings (SSSR count). The molecule has 13 heavy (non-hydrogen) atoms. The highest BCUT2D eigenvalue weighted by molar-refractivity contribution is 5.85. The zero-order valence-corrected chi connectivity index (χ0v) is 9.08. The van der Waals surface area contributed by atoms with Crippen LogP contribution in [-0.4, -0.2) is 25.2 Å². The number of carbonyl (C=O) groups excluding carboxylic acids is 1. The van der Waals surface area contributed by atoms with E-state index in [0.717, 1.165) is 25.8 Å². The molecule has 0 aromatic heterocycles. The van der Waals surface area contributed by atoms with Gasteiger partial charge in [-0.1, -0.05) is 6.92 Å². The van der Waals surface area contributed by atoms with E-state index in [0.29, 0.717) is 0 Å². The van der Waals surface area contributed by atoms with Crippen LogP contribution in [0.15, 0.2) is 0 Å². The Morgan fingerprint density at radius 3 is 2.62 bits per heavy atom. The smallest absolute Gasteiger partial charge is 0.326 e. The van der Waals surface area contributed by atoms with Crippen molar-refractivity contribution in [2.75, 3.05) is 13.7 Å². The van der Waals surface area contributed by atoms with Crippen molar-refractivity contribution in [1.82, 2.24) is 5.32 Å². The van der Waals surface area contributed by atoms with E-state index < -0.39 is 0 Å². The molecular weight excluding hydrogens is 190 g/mol. The van der Waals surface area contributed by atoms with E-state index >= 15 is 0 Å². The van der Waals surface area contributed by atoms with Crippen LogP contribution >= 0.6 is 12.4 Å². The van der Waals surface area contributed by atoms with Crippen molar-refractivity contribution in [3.05, 3.63) is 0 Å². The van der Waals surface area contributed by atoms with Gasteiger partial charge in [0, 0.05) is 0 Å². The van der Waals surface area contributed by atoms with Crippen LogP contribution in [0.5, 0.6) is 0 Å². The van der Waals surface area contributed by atoms with Crippen LogP contribution in [-0.2, 0) is 9.53 Å². The first kappa shape index (κ1) is 12.7.